The molecule has 1 aromatic heterocycles. The van der Waals surface area contributed by atoms with E-state index in [0.717, 1.165) is 23.7 Å². The van der Waals surface area contributed by atoms with Gasteiger partial charge < -0.3 is 19.3 Å². The van der Waals surface area contributed by atoms with Crippen molar-refractivity contribution < 1.29 is 19.4 Å². The molecule has 0 saturated carbocycles. The number of carbonyl (C=O) groups is 2. The first-order chi connectivity index (χ1) is 13.6. The van der Waals surface area contributed by atoms with Crippen LogP contribution in [0.2, 0.25) is 0 Å². The number of aromatic nitrogens is 1. The summed E-state index contributed by atoms with van der Waals surface area (Å²) < 4.78 is 7.45. The van der Waals surface area contributed by atoms with Gasteiger partial charge in [0.15, 0.2) is 0 Å². The first kappa shape index (κ1) is 21.2. The van der Waals surface area contributed by atoms with Crippen LogP contribution >= 0.6 is 0 Å². The molecule has 0 spiro atoms. The molecule has 3 rings (SSSR count). The highest BCUT2D eigenvalue weighted by Crippen LogP contribution is 2.35. The van der Waals surface area contributed by atoms with Crippen molar-refractivity contribution in [3.8, 4) is 0 Å². The molecule has 1 aromatic carbocycles. The van der Waals surface area contributed by atoms with Crippen molar-refractivity contribution in [3.05, 3.63) is 35.5 Å². The Kier molecular flexibility index (Phi) is 5.92. The molecule has 1 aliphatic rings. The third-order valence-corrected chi connectivity index (χ3v) is 5.30. The van der Waals surface area contributed by atoms with E-state index in [2.05, 4.69) is 19.9 Å². The average molecular weight is 401 g/mol. The van der Waals surface area contributed by atoms with Gasteiger partial charge in [-0.15, -0.1) is 0 Å². The third-order valence-electron chi connectivity index (χ3n) is 5.30. The second kappa shape index (κ2) is 8.09. The average Bonchev–Trinajstić information content (AvgIpc) is 2.99. The van der Waals surface area contributed by atoms with Gasteiger partial charge in [0.25, 0.3) is 0 Å². The second-order valence-electron chi connectivity index (χ2n) is 9.37. The van der Waals surface area contributed by atoms with Gasteiger partial charge in [0.1, 0.15) is 11.3 Å². The van der Waals surface area contributed by atoms with Crippen LogP contribution in [0.5, 0.6) is 0 Å². The predicted molar refractivity (Wildman–Crippen MR) is 114 cm³/mol. The third kappa shape index (κ3) is 4.74. The molecule has 0 atom stereocenters. The van der Waals surface area contributed by atoms with E-state index in [1.165, 1.54) is 5.56 Å². The molecule has 1 aliphatic heterocycles. The monoisotopic (exact) mass is 400 g/mol. The summed E-state index contributed by atoms with van der Waals surface area (Å²) in [6.45, 7) is 11.8. The van der Waals surface area contributed by atoms with Crippen molar-refractivity contribution in [2.45, 2.75) is 65.5 Å². The number of carboxylic acids is 1. The molecular formula is C23H32N2O4. The topological polar surface area (TPSA) is 71.8 Å². The van der Waals surface area contributed by atoms with Crippen molar-refractivity contribution in [2.75, 3.05) is 13.1 Å². The molecule has 1 N–H and O–H groups in total. The Morgan fingerprint density at radius 3 is 2.41 bits per heavy atom. The SMILES string of the molecule is CC(C)Cn1c(C(=O)O)cc2cccc(C3CCN(C(=O)OC(C)(C)C)CC3)c21. The van der Waals surface area contributed by atoms with E-state index in [9.17, 15) is 14.7 Å². The summed E-state index contributed by atoms with van der Waals surface area (Å²) in [4.78, 5) is 25.9. The van der Waals surface area contributed by atoms with Gasteiger partial charge in [-0.05, 0) is 57.1 Å². The molecular weight excluding hydrogens is 368 g/mol. The number of fused-ring (bicyclic) bond motifs is 1. The van der Waals surface area contributed by atoms with E-state index in [0.29, 0.717) is 37.2 Å². The van der Waals surface area contributed by atoms with E-state index in [-0.39, 0.29) is 6.09 Å². The molecule has 29 heavy (non-hydrogen) atoms. The number of para-hydroxylation sites is 1. The summed E-state index contributed by atoms with van der Waals surface area (Å²) in [6.07, 6.45) is 1.42. The first-order valence-corrected chi connectivity index (χ1v) is 10.4. The molecule has 2 heterocycles. The zero-order chi connectivity index (χ0) is 21.3. The maximum absolute atomic E-state index is 12.4. The minimum Gasteiger partial charge on any atom is -0.477 e. The maximum Gasteiger partial charge on any atom is 0.410 e. The van der Waals surface area contributed by atoms with Gasteiger partial charge in [0.05, 0.1) is 5.52 Å². The van der Waals surface area contributed by atoms with Gasteiger partial charge in [-0.2, -0.15) is 0 Å². The summed E-state index contributed by atoms with van der Waals surface area (Å²) >= 11 is 0. The Morgan fingerprint density at radius 2 is 1.86 bits per heavy atom. The van der Waals surface area contributed by atoms with Crippen molar-refractivity contribution >= 4 is 23.0 Å². The molecule has 0 bridgehead atoms. The molecule has 0 aliphatic carbocycles. The lowest BCUT2D eigenvalue weighted by Crippen LogP contribution is -2.41. The van der Waals surface area contributed by atoms with Crippen LogP contribution in [-0.2, 0) is 11.3 Å². The van der Waals surface area contributed by atoms with Crippen LogP contribution in [0.15, 0.2) is 24.3 Å². The number of piperidine rings is 1. The quantitative estimate of drug-likeness (QED) is 0.774. The maximum atomic E-state index is 12.4. The largest absolute Gasteiger partial charge is 0.477 e. The Hall–Kier alpha value is -2.50. The number of carboxylic acid groups (broad SMARTS) is 1. The number of benzene rings is 1. The normalized spacial score (nSPS) is 15.9. The van der Waals surface area contributed by atoms with Crippen LogP contribution in [0.25, 0.3) is 10.9 Å². The summed E-state index contributed by atoms with van der Waals surface area (Å²) in [6, 6.07) is 7.87. The van der Waals surface area contributed by atoms with Gasteiger partial charge in [-0.25, -0.2) is 9.59 Å². The molecule has 0 radical (unpaired) electrons. The standard InChI is InChI=1S/C23H32N2O4/c1-15(2)14-25-19(21(26)27)13-17-7-6-8-18(20(17)25)16-9-11-24(12-10-16)22(28)29-23(3,4)5/h6-8,13,15-16H,9-12,14H2,1-5H3,(H,26,27). The van der Waals surface area contributed by atoms with Crippen LogP contribution in [0.1, 0.15) is 69.4 Å². The predicted octanol–water partition coefficient (Wildman–Crippen LogP) is 5.11. The minimum atomic E-state index is -0.896. The Labute approximate surface area is 172 Å². The fourth-order valence-electron chi connectivity index (χ4n) is 4.11. The van der Waals surface area contributed by atoms with Gasteiger partial charge in [-0.1, -0.05) is 32.0 Å². The highest BCUT2D eigenvalue weighted by molar-refractivity contribution is 5.96. The molecule has 1 fully saturated rings. The molecule has 0 unspecified atom stereocenters. The molecule has 1 amide bonds. The van der Waals surface area contributed by atoms with E-state index < -0.39 is 11.6 Å². The Morgan fingerprint density at radius 1 is 1.21 bits per heavy atom. The number of likely N-dealkylation sites (tertiary alicyclic amines) is 1. The fraction of sp³-hybridized carbons (Fsp3) is 0.565. The number of carbonyl (C=O) groups excluding carboxylic acids is 1. The number of hydrogen-bond acceptors (Lipinski definition) is 3. The number of amides is 1. The Bertz CT molecular complexity index is 899. The smallest absolute Gasteiger partial charge is 0.410 e. The highest BCUT2D eigenvalue weighted by Gasteiger charge is 2.29. The molecule has 158 valence electrons. The number of rotatable bonds is 4. The van der Waals surface area contributed by atoms with Crippen LogP contribution in [0.3, 0.4) is 0 Å². The zero-order valence-corrected chi connectivity index (χ0v) is 18.1. The van der Waals surface area contributed by atoms with Crippen molar-refractivity contribution in [1.82, 2.24) is 9.47 Å². The van der Waals surface area contributed by atoms with Crippen LogP contribution in [0.4, 0.5) is 4.79 Å². The lowest BCUT2D eigenvalue weighted by molar-refractivity contribution is 0.0205. The van der Waals surface area contributed by atoms with Gasteiger partial charge in [0, 0.05) is 25.0 Å². The van der Waals surface area contributed by atoms with Gasteiger partial charge >= 0.3 is 12.1 Å². The number of ether oxygens (including phenoxy) is 1. The highest BCUT2D eigenvalue weighted by atomic mass is 16.6. The first-order valence-electron chi connectivity index (χ1n) is 10.4. The Balaban J connectivity index is 1.87. The van der Waals surface area contributed by atoms with Crippen LogP contribution in [-0.4, -0.2) is 45.3 Å². The lowest BCUT2D eigenvalue weighted by atomic mass is 9.88. The molecule has 6 nitrogen and oxygen atoms in total. The van der Waals surface area contributed by atoms with E-state index in [1.54, 1.807) is 11.0 Å². The fourth-order valence-corrected chi connectivity index (χ4v) is 4.11. The van der Waals surface area contributed by atoms with E-state index in [1.807, 2.05) is 37.5 Å². The van der Waals surface area contributed by atoms with Crippen molar-refractivity contribution in [2.24, 2.45) is 5.92 Å². The van der Waals surface area contributed by atoms with E-state index in [4.69, 9.17) is 4.74 Å². The molecule has 1 saturated heterocycles. The van der Waals surface area contributed by atoms with E-state index >= 15 is 0 Å². The summed E-state index contributed by atoms with van der Waals surface area (Å²) in [5.41, 5.74) is 2.05. The second-order valence-corrected chi connectivity index (χ2v) is 9.37. The van der Waals surface area contributed by atoms with Crippen molar-refractivity contribution in [1.29, 1.82) is 0 Å². The van der Waals surface area contributed by atoms with Crippen LogP contribution in [0, 0.1) is 5.92 Å². The minimum absolute atomic E-state index is 0.259. The number of hydrogen-bond donors (Lipinski definition) is 1. The summed E-state index contributed by atoms with van der Waals surface area (Å²) in [5.74, 6) is -0.266. The number of aromatic carboxylic acids is 1. The lowest BCUT2D eigenvalue weighted by Gasteiger charge is -2.34. The molecule has 6 heteroatoms. The molecule has 2 aromatic rings. The van der Waals surface area contributed by atoms with Crippen molar-refractivity contribution in [3.63, 3.8) is 0 Å². The van der Waals surface area contributed by atoms with Gasteiger partial charge in [0.2, 0.25) is 0 Å². The van der Waals surface area contributed by atoms with Gasteiger partial charge in [-0.3, -0.25) is 0 Å². The number of nitrogens with zero attached hydrogens (tertiary/aromatic N) is 2. The zero-order valence-electron chi connectivity index (χ0n) is 18.1. The summed E-state index contributed by atoms with van der Waals surface area (Å²) in [7, 11) is 0. The van der Waals surface area contributed by atoms with Crippen LogP contribution < -0.4 is 0 Å². The summed E-state index contributed by atoms with van der Waals surface area (Å²) in [5, 5.41) is 10.7.